The van der Waals surface area contributed by atoms with Crippen molar-refractivity contribution in [2.24, 2.45) is 0 Å². The van der Waals surface area contributed by atoms with Crippen LogP contribution in [0, 0.1) is 5.82 Å². The molecule has 5 aromatic carbocycles. The number of halogens is 2. The molecule has 1 unspecified atom stereocenters. The molecule has 0 spiro atoms. The second kappa shape index (κ2) is 16.2. The number of thiazole rings is 1. The second-order valence-electron chi connectivity index (χ2n) is 10.8. The molecule has 0 saturated heterocycles. The van der Waals surface area contributed by atoms with Gasteiger partial charge in [-0.15, -0.1) is 23.1 Å². The minimum absolute atomic E-state index is 0.0102. The molecule has 7 nitrogen and oxygen atoms in total. The fourth-order valence-corrected chi connectivity index (χ4v) is 6.73. The standard InChI is InChI=1S/C39H28ClFN4O3S2/c40-32-14-8-7-13-28(32)23-33(43-36(46)27-11-5-2-6-12-27)37(47)42-30-19-21-31(22-20-30)50-35(26-9-3-1-4-10-26)38(48)45-39-44-34(24-49-39)25-15-17-29(41)18-16-25/h1-24,35H,(H,42,47)(H,43,46)(H,44,45,48)/b33-23-. The number of benzene rings is 5. The average molecular weight is 719 g/mol. The Balaban J connectivity index is 1.17. The molecule has 0 aliphatic rings. The van der Waals surface area contributed by atoms with Crippen LogP contribution in [0.25, 0.3) is 17.3 Å². The molecule has 0 fully saturated rings. The smallest absolute Gasteiger partial charge is 0.272 e. The summed E-state index contributed by atoms with van der Waals surface area (Å²) >= 11 is 8.98. The quantitative estimate of drug-likeness (QED) is 0.0916. The van der Waals surface area contributed by atoms with E-state index in [0.29, 0.717) is 32.7 Å². The normalized spacial score (nSPS) is 11.8. The maximum Gasteiger partial charge on any atom is 0.272 e. The third-order valence-electron chi connectivity index (χ3n) is 7.31. The summed E-state index contributed by atoms with van der Waals surface area (Å²) in [5.74, 6) is -1.58. The van der Waals surface area contributed by atoms with Gasteiger partial charge in [0.2, 0.25) is 5.91 Å². The number of carbonyl (C=O) groups is 3. The van der Waals surface area contributed by atoms with Crippen LogP contribution >= 0.6 is 34.7 Å². The number of aromatic nitrogens is 1. The van der Waals surface area contributed by atoms with Gasteiger partial charge in [-0.2, -0.15) is 0 Å². The average Bonchev–Trinajstić information content (AvgIpc) is 3.61. The molecule has 0 aliphatic heterocycles. The number of hydrogen-bond donors (Lipinski definition) is 3. The molecule has 1 atom stereocenters. The fraction of sp³-hybridized carbons (Fsp3) is 0.0256. The molecule has 0 bridgehead atoms. The molecule has 3 N–H and O–H groups in total. The third-order valence-corrected chi connectivity index (χ3v) is 9.68. The number of hydrogen-bond acceptors (Lipinski definition) is 6. The van der Waals surface area contributed by atoms with E-state index in [1.165, 1.54) is 41.3 Å². The Bertz CT molecular complexity index is 2140. The molecule has 3 amide bonds. The van der Waals surface area contributed by atoms with E-state index in [0.717, 1.165) is 16.0 Å². The number of nitrogens with zero attached hydrogens (tertiary/aromatic N) is 1. The summed E-state index contributed by atoms with van der Waals surface area (Å²) in [7, 11) is 0. The van der Waals surface area contributed by atoms with Gasteiger partial charge in [-0.1, -0.05) is 78.3 Å². The van der Waals surface area contributed by atoms with E-state index >= 15 is 0 Å². The van der Waals surface area contributed by atoms with Crippen molar-refractivity contribution in [3.63, 3.8) is 0 Å². The molecule has 0 saturated carbocycles. The van der Waals surface area contributed by atoms with Crippen molar-refractivity contribution < 1.29 is 18.8 Å². The maximum atomic E-state index is 13.6. The molecule has 0 radical (unpaired) electrons. The Kier molecular flexibility index (Phi) is 11.1. The van der Waals surface area contributed by atoms with Gasteiger partial charge in [0, 0.05) is 32.1 Å². The van der Waals surface area contributed by atoms with E-state index < -0.39 is 17.1 Å². The predicted octanol–water partition coefficient (Wildman–Crippen LogP) is 9.48. The highest BCUT2D eigenvalue weighted by Gasteiger charge is 2.24. The summed E-state index contributed by atoms with van der Waals surface area (Å²) in [5.41, 5.74) is 3.63. The highest BCUT2D eigenvalue weighted by Crippen LogP contribution is 2.37. The monoisotopic (exact) mass is 718 g/mol. The molecule has 6 rings (SSSR count). The Morgan fingerprint density at radius 3 is 2.14 bits per heavy atom. The van der Waals surface area contributed by atoms with Crippen molar-refractivity contribution in [1.82, 2.24) is 10.3 Å². The first-order chi connectivity index (χ1) is 24.3. The zero-order chi connectivity index (χ0) is 34.9. The van der Waals surface area contributed by atoms with Crippen molar-refractivity contribution >= 4 is 69.3 Å². The first-order valence-electron chi connectivity index (χ1n) is 15.3. The molecule has 1 aromatic heterocycles. The van der Waals surface area contributed by atoms with Gasteiger partial charge >= 0.3 is 0 Å². The Labute approximate surface area is 301 Å². The molecule has 248 valence electrons. The number of thioether (sulfide) groups is 1. The van der Waals surface area contributed by atoms with Gasteiger partial charge in [-0.3, -0.25) is 14.4 Å². The van der Waals surface area contributed by atoms with Crippen LogP contribution < -0.4 is 16.0 Å². The van der Waals surface area contributed by atoms with Crippen LogP contribution in [0.1, 0.15) is 26.7 Å². The zero-order valence-corrected chi connectivity index (χ0v) is 28.6. The van der Waals surface area contributed by atoms with Gasteiger partial charge in [-0.05, 0) is 83.9 Å². The summed E-state index contributed by atoms with van der Waals surface area (Å²) < 4.78 is 13.4. The molecule has 50 heavy (non-hydrogen) atoms. The summed E-state index contributed by atoms with van der Waals surface area (Å²) in [6, 6.07) is 38.1. The van der Waals surface area contributed by atoms with Gasteiger partial charge < -0.3 is 16.0 Å². The fourth-order valence-electron chi connectivity index (χ4n) is 4.80. The lowest BCUT2D eigenvalue weighted by Gasteiger charge is -2.17. The van der Waals surface area contributed by atoms with Gasteiger partial charge in [0.1, 0.15) is 16.8 Å². The Hall–Kier alpha value is -5.55. The molecule has 1 heterocycles. The van der Waals surface area contributed by atoms with Crippen LogP contribution in [-0.2, 0) is 9.59 Å². The maximum absolute atomic E-state index is 13.6. The van der Waals surface area contributed by atoms with Crippen molar-refractivity contribution in [3.8, 4) is 11.3 Å². The number of rotatable bonds is 11. The molecule has 11 heteroatoms. The van der Waals surface area contributed by atoms with E-state index in [1.54, 1.807) is 91.0 Å². The minimum Gasteiger partial charge on any atom is -0.321 e. The van der Waals surface area contributed by atoms with Crippen LogP contribution in [-0.4, -0.2) is 22.7 Å². The first kappa shape index (κ1) is 34.3. The number of amides is 3. The van der Waals surface area contributed by atoms with Gasteiger partial charge in [-0.25, -0.2) is 9.37 Å². The van der Waals surface area contributed by atoms with E-state index in [-0.39, 0.29) is 17.4 Å². The molecular formula is C39H28ClFN4O3S2. The summed E-state index contributed by atoms with van der Waals surface area (Å²) in [6.45, 7) is 0. The van der Waals surface area contributed by atoms with Gasteiger partial charge in [0.15, 0.2) is 5.13 Å². The lowest BCUT2D eigenvalue weighted by molar-refractivity contribution is -0.116. The number of anilines is 2. The predicted molar refractivity (Wildman–Crippen MR) is 200 cm³/mol. The van der Waals surface area contributed by atoms with Crippen LogP contribution in [0.4, 0.5) is 15.2 Å². The lowest BCUT2D eigenvalue weighted by Crippen LogP contribution is -2.30. The van der Waals surface area contributed by atoms with E-state index in [1.807, 2.05) is 35.7 Å². The van der Waals surface area contributed by atoms with Crippen LogP contribution in [0.5, 0.6) is 0 Å². The number of carbonyl (C=O) groups excluding carboxylic acids is 3. The first-order valence-corrected chi connectivity index (χ1v) is 17.4. The summed E-state index contributed by atoms with van der Waals surface area (Å²) in [5, 5.41) is 10.5. The van der Waals surface area contributed by atoms with Crippen LogP contribution in [0.3, 0.4) is 0 Å². The van der Waals surface area contributed by atoms with Crippen molar-refractivity contribution in [3.05, 3.63) is 172 Å². The minimum atomic E-state index is -0.617. The topological polar surface area (TPSA) is 100 Å². The summed E-state index contributed by atoms with van der Waals surface area (Å²) in [4.78, 5) is 45.4. The van der Waals surface area contributed by atoms with E-state index in [2.05, 4.69) is 20.9 Å². The lowest BCUT2D eigenvalue weighted by atomic mass is 10.1. The number of nitrogens with one attached hydrogen (secondary N) is 3. The highest BCUT2D eigenvalue weighted by atomic mass is 35.5. The van der Waals surface area contributed by atoms with Crippen molar-refractivity contribution in [2.45, 2.75) is 10.1 Å². The third kappa shape index (κ3) is 8.91. The van der Waals surface area contributed by atoms with Crippen LogP contribution in [0.2, 0.25) is 5.02 Å². The summed E-state index contributed by atoms with van der Waals surface area (Å²) in [6.07, 6.45) is 1.52. The molecular weight excluding hydrogens is 691 g/mol. The van der Waals surface area contributed by atoms with E-state index in [9.17, 15) is 18.8 Å². The van der Waals surface area contributed by atoms with Crippen molar-refractivity contribution in [1.29, 1.82) is 0 Å². The van der Waals surface area contributed by atoms with Crippen LogP contribution in [0.15, 0.2) is 149 Å². The second-order valence-corrected chi connectivity index (χ2v) is 13.3. The molecule has 6 aromatic rings. The van der Waals surface area contributed by atoms with Crippen molar-refractivity contribution in [2.75, 3.05) is 10.6 Å². The molecule has 0 aliphatic carbocycles. The Morgan fingerprint density at radius 2 is 1.44 bits per heavy atom. The van der Waals surface area contributed by atoms with Gasteiger partial charge in [0.05, 0.1) is 5.69 Å². The zero-order valence-electron chi connectivity index (χ0n) is 26.2. The van der Waals surface area contributed by atoms with E-state index in [4.69, 9.17) is 11.6 Å². The Morgan fingerprint density at radius 1 is 0.780 bits per heavy atom. The highest BCUT2D eigenvalue weighted by molar-refractivity contribution is 8.00. The van der Waals surface area contributed by atoms with Gasteiger partial charge in [0.25, 0.3) is 11.8 Å². The SMILES string of the molecule is O=C(Nc1ccc(SC(C(=O)Nc2nc(-c3ccc(F)cc3)cs2)c2ccccc2)cc1)/C(=C/c1ccccc1Cl)NC(=O)c1ccccc1. The largest absolute Gasteiger partial charge is 0.321 e.